The molecule has 8 aromatic rings. The smallest absolute Gasteiger partial charge is 0.343 e. The second-order valence-corrected chi connectivity index (χ2v) is 19.4. The Balaban J connectivity index is 0.000000149. The molecule has 0 aliphatic carbocycles. The zero-order valence-electron chi connectivity index (χ0n) is 45.6. The third-order valence-corrected chi connectivity index (χ3v) is 14.8. The Hall–Kier alpha value is -7.77. The van der Waals surface area contributed by atoms with Crippen LogP contribution >= 0.6 is 0 Å². The molecular formula is C62H68N6O11. The number of nitrogens with zero attached hydrogens (tertiary/aromatic N) is 6. The molecule has 3 atom stereocenters. The van der Waals surface area contributed by atoms with Crippen LogP contribution in [0.2, 0.25) is 0 Å². The van der Waals surface area contributed by atoms with Gasteiger partial charge in [0.05, 0.1) is 72.6 Å². The number of aromatic hydroxyl groups is 2. The van der Waals surface area contributed by atoms with E-state index in [0.717, 1.165) is 90.9 Å². The third-order valence-electron chi connectivity index (χ3n) is 14.8. The normalized spacial score (nSPS) is 16.4. The van der Waals surface area contributed by atoms with E-state index in [1.54, 1.807) is 37.6 Å². The summed E-state index contributed by atoms with van der Waals surface area (Å²) in [6, 6.07) is 34.3. The molecule has 0 amide bonds. The van der Waals surface area contributed by atoms with E-state index in [4.69, 9.17) is 33.2 Å². The van der Waals surface area contributed by atoms with Crippen LogP contribution in [-0.2, 0) is 14.2 Å². The number of methoxy groups -OCH3 is 3. The van der Waals surface area contributed by atoms with Crippen LogP contribution in [0.4, 0.5) is 0 Å². The zero-order valence-corrected chi connectivity index (χ0v) is 45.6. The van der Waals surface area contributed by atoms with Crippen molar-refractivity contribution in [1.29, 1.82) is 0 Å². The number of Topliss-reactive ketones (excluding diaryl/α,β-unsaturated/α-hetero) is 1. The van der Waals surface area contributed by atoms with Gasteiger partial charge in [0, 0.05) is 108 Å². The minimum Gasteiger partial charge on any atom is -0.505 e. The fraction of sp³-hybridized carbons (Fsp3) is 0.339. The summed E-state index contributed by atoms with van der Waals surface area (Å²) in [4.78, 5) is 45.0. The van der Waals surface area contributed by atoms with Crippen LogP contribution in [-0.4, -0.2) is 152 Å². The monoisotopic (exact) mass is 1070 g/mol. The van der Waals surface area contributed by atoms with Gasteiger partial charge < -0.3 is 43.4 Å². The van der Waals surface area contributed by atoms with E-state index in [1.165, 1.54) is 21.3 Å². The maximum atomic E-state index is 13.3. The first-order valence-corrected chi connectivity index (χ1v) is 26.6. The van der Waals surface area contributed by atoms with E-state index in [9.17, 15) is 19.8 Å². The van der Waals surface area contributed by atoms with Gasteiger partial charge in [-0.15, -0.1) is 0 Å². The predicted octanol–water partition coefficient (Wildman–Crippen LogP) is 9.77. The molecule has 0 spiro atoms. The fourth-order valence-electron chi connectivity index (χ4n) is 10.4. The predicted molar refractivity (Wildman–Crippen MR) is 302 cm³/mol. The molecule has 3 aliphatic heterocycles. The van der Waals surface area contributed by atoms with Crippen molar-refractivity contribution in [2.24, 2.45) is 0 Å². The maximum Gasteiger partial charge on any atom is 0.343 e. The molecule has 79 heavy (non-hydrogen) atoms. The molecule has 3 fully saturated rings. The van der Waals surface area contributed by atoms with E-state index >= 15 is 0 Å². The quantitative estimate of drug-likeness (QED) is 0.0630. The Bertz CT molecular complexity index is 3350. The van der Waals surface area contributed by atoms with Gasteiger partial charge in [0.25, 0.3) is 0 Å². The van der Waals surface area contributed by atoms with Crippen LogP contribution in [0.5, 0.6) is 34.5 Å². The van der Waals surface area contributed by atoms with Gasteiger partial charge in [-0.25, -0.2) is 4.79 Å². The molecule has 3 unspecified atom stereocenters. The molecule has 412 valence electrons. The van der Waals surface area contributed by atoms with Crippen LogP contribution in [0.15, 0.2) is 128 Å². The van der Waals surface area contributed by atoms with Gasteiger partial charge in [-0.05, 0) is 56.7 Å². The van der Waals surface area contributed by atoms with Crippen LogP contribution in [0.1, 0.15) is 81.9 Å². The highest BCUT2D eigenvalue weighted by Crippen LogP contribution is 2.42. The largest absolute Gasteiger partial charge is 0.505 e. The molecule has 3 aliphatic rings. The van der Waals surface area contributed by atoms with E-state index in [-0.39, 0.29) is 35.2 Å². The fourth-order valence-corrected chi connectivity index (χ4v) is 10.4. The second kappa shape index (κ2) is 26.3. The number of rotatable bonds is 13. The highest BCUT2D eigenvalue weighted by molar-refractivity contribution is 5.96. The van der Waals surface area contributed by atoms with Crippen molar-refractivity contribution < 1.29 is 53.0 Å². The summed E-state index contributed by atoms with van der Waals surface area (Å²) >= 11 is 0. The van der Waals surface area contributed by atoms with Crippen molar-refractivity contribution in [2.45, 2.75) is 38.9 Å². The number of aromatic nitrogens is 3. The van der Waals surface area contributed by atoms with Gasteiger partial charge in [0.2, 0.25) is 5.75 Å². The summed E-state index contributed by atoms with van der Waals surface area (Å²) in [5.41, 5.74) is 6.57. The molecule has 17 heteroatoms. The van der Waals surface area contributed by atoms with Gasteiger partial charge >= 0.3 is 5.97 Å². The van der Waals surface area contributed by atoms with Gasteiger partial charge in [-0.3, -0.25) is 34.4 Å². The number of benzene rings is 5. The average Bonchev–Trinajstić information content (AvgIpc) is 3.55. The summed E-state index contributed by atoms with van der Waals surface area (Å²) in [5, 5.41) is 24.2. The molecule has 0 radical (unpaired) electrons. The Morgan fingerprint density at radius 1 is 0.506 bits per heavy atom. The number of hydrogen-bond donors (Lipinski definition) is 2. The third kappa shape index (κ3) is 12.7. The number of phenolic OH excluding ortho intramolecular Hbond substituents is 2. The molecule has 11 rings (SSSR count). The van der Waals surface area contributed by atoms with E-state index in [0.29, 0.717) is 77.3 Å². The van der Waals surface area contributed by atoms with E-state index in [1.807, 2.05) is 97.1 Å². The lowest BCUT2D eigenvalue weighted by molar-refractivity contribution is 0.0193. The van der Waals surface area contributed by atoms with Gasteiger partial charge in [0.1, 0.15) is 28.0 Å². The summed E-state index contributed by atoms with van der Waals surface area (Å²) in [5.74, 6) is 1.63. The summed E-state index contributed by atoms with van der Waals surface area (Å²) in [7, 11) is 4.52. The SMILES string of the molecule is CC(=O)c1ccc(C(c2ccc3cccnc3c2O)N2CCOCC2)cc1.CC(c1ccc2cccnc2c1O)N1CCOCC1.COc1cc(C(=O)Oc2c(C(C)N3CCOCC3)ccc3cccnc23)cc(OC)c1OC. The molecular weight excluding hydrogens is 1000 g/mol. The molecule has 2 N–H and O–H groups in total. The number of fused-ring (bicyclic) bond motifs is 3. The summed E-state index contributed by atoms with van der Waals surface area (Å²) < 4.78 is 38.5. The molecule has 0 bridgehead atoms. The van der Waals surface area contributed by atoms with Gasteiger partial charge in [-0.2, -0.15) is 0 Å². The number of phenols is 2. The highest BCUT2D eigenvalue weighted by Gasteiger charge is 2.29. The minimum absolute atomic E-state index is 0.0167. The Morgan fingerprint density at radius 3 is 1.42 bits per heavy atom. The Kier molecular flexibility index (Phi) is 18.6. The average molecular weight is 1070 g/mol. The minimum atomic E-state index is -0.539. The first-order chi connectivity index (χ1) is 38.5. The number of hydrogen-bond acceptors (Lipinski definition) is 17. The molecule has 6 heterocycles. The molecule has 17 nitrogen and oxygen atoms in total. The lowest BCUT2D eigenvalue weighted by Gasteiger charge is -2.35. The summed E-state index contributed by atoms with van der Waals surface area (Å²) in [6.07, 6.45) is 5.10. The lowest BCUT2D eigenvalue weighted by Crippen LogP contribution is -2.39. The first kappa shape index (κ1) is 56.0. The molecule has 5 aromatic carbocycles. The van der Waals surface area contributed by atoms with Crippen LogP contribution < -0.4 is 18.9 Å². The number of pyridine rings is 3. The number of carbonyl (C=O) groups is 2. The van der Waals surface area contributed by atoms with Crippen LogP contribution in [0, 0.1) is 0 Å². The number of esters is 1. The van der Waals surface area contributed by atoms with Crippen molar-refractivity contribution in [3.05, 3.63) is 161 Å². The standard InChI is InChI=1S/C25H28N2O6.C22H22N2O3.C15H18N2O2/c1-16(27-10-12-32-13-11-27)19-8-7-17-6-5-9-26-22(17)23(19)33-25(28)18-14-20(29-2)24(31-4)21(15-18)30-3;1-15(25)16-4-6-18(7-5-16)21(24-11-13-27-14-12-24)19-9-8-17-3-2-10-23-20(17)22(19)26;1-11(17-7-9-19-10-8-17)13-5-4-12-3-2-6-16-14(12)15(13)18/h5-9,14-16H,10-13H2,1-4H3;2-10,21,26H,11-14H2,1H3;2-6,11,18H,7-10H2,1H3. The first-order valence-electron chi connectivity index (χ1n) is 26.6. The zero-order chi connectivity index (χ0) is 55.4. The maximum absolute atomic E-state index is 13.3. The molecule has 3 saturated heterocycles. The lowest BCUT2D eigenvalue weighted by atomic mass is 9.93. The van der Waals surface area contributed by atoms with Crippen LogP contribution in [0.25, 0.3) is 32.7 Å². The number of ether oxygens (including phenoxy) is 7. The van der Waals surface area contributed by atoms with Crippen LogP contribution in [0.3, 0.4) is 0 Å². The number of ketones is 1. The van der Waals surface area contributed by atoms with E-state index < -0.39 is 5.97 Å². The highest BCUT2D eigenvalue weighted by atomic mass is 16.5. The van der Waals surface area contributed by atoms with Crippen molar-refractivity contribution in [3.63, 3.8) is 0 Å². The Morgan fingerprint density at radius 2 is 0.937 bits per heavy atom. The molecule has 3 aromatic heterocycles. The van der Waals surface area contributed by atoms with Crippen molar-refractivity contribution in [2.75, 3.05) is 100 Å². The molecule has 0 saturated carbocycles. The second-order valence-electron chi connectivity index (χ2n) is 19.4. The number of morpholine rings is 3. The summed E-state index contributed by atoms with van der Waals surface area (Å²) in [6.45, 7) is 15.0. The topological polar surface area (TPSA) is 188 Å². The Labute approximate surface area is 460 Å². The van der Waals surface area contributed by atoms with Crippen molar-refractivity contribution in [3.8, 4) is 34.5 Å². The van der Waals surface area contributed by atoms with Gasteiger partial charge in [0.15, 0.2) is 23.0 Å². The van der Waals surface area contributed by atoms with Crippen molar-refractivity contribution in [1.82, 2.24) is 29.7 Å². The van der Waals surface area contributed by atoms with Gasteiger partial charge in [-0.1, -0.05) is 78.9 Å². The van der Waals surface area contributed by atoms with Crippen molar-refractivity contribution >= 4 is 44.5 Å². The van der Waals surface area contributed by atoms with E-state index in [2.05, 4.69) is 43.5 Å². The number of carbonyl (C=O) groups excluding carboxylic acids is 2.